The Kier molecular flexibility index (Phi) is 5.54. The largest absolute Gasteiger partial charge is 0.347 e. The van der Waals surface area contributed by atoms with E-state index < -0.39 is 23.7 Å². The molecule has 0 bridgehead atoms. The molecule has 0 radical (unpaired) electrons. The molecule has 4 rings (SSSR count). The highest BCUT2D eigenvalue weighted by Crippen LogP contribution is 2.31. The summed E-state index contributed by atoms with van der Waals surface area (Å²) >= 11 is 0. The summed E-state index contributed by atoms with van der Waals surface area (Å²) in [5, 5.41) is 9.18. The van der Waals surface area contributed by atoms with Crippen molar-refractivity contribution in [1.29, 1.82) is 0 Å². The van der Waals surface area contributed by atoms with E-state index in [-0.39, 0.29) is 11.3 Å². The van der Waals surface area contributed by atoms with Crippen LogP contribution in [-0.4, -0.2) is 22.1 Å². The molecular formula is C24H24F2N4O2. The second-order valence-corrected chi connectivity index (χ2v) is 8.04. The monoisotopic (exact) mass is 438 g/mol. The van der Waals surface area contributed by atoms with Gasteiger partial charge in [0.2, 0.25) is 5.91 Å². The molecule has 1 aliphatic heterocycles. The van der Waals surface area contributed by atoms with E-state index in [0.29, 0.717) is 11.4 Å². The Hall–Kier alpha value is -3.55. The van der Waals surface area contributed by atoms with Crippen LogP contribution in [0.25, 0.3) is 10.9 Å². The van der Waals surface area contributed by atoms with Crippen molar-refractivity contribution in [1.82, 2.24) is 4.57 Å². The lowest BCUT2D eigenvalue weighted by Gasteiger charge is -2.16. The average molecular weight is 438 g/mol. The second kappa shape index (κ2) is 8.18. The summed E-state index contributed by atoms with van der Waals surface area (Å²) in [4.78, 5) is 25.9. The maximum Gasteiger partial charge on any atom is 0.270 e. The van der Waals surface area contributed by atoms with Gasteiger partial charge >= 0.3 is 0 Å². The molecule has 6 nitrogen and oxygen atoms in total. The molecule has 2 aromatic carbocycles. The molecule has 32 heavy (non-hydrogen) atoms. The Labute approximate surface area is 184 Å². The van der Waals surface area contributed by atoms with Gasteiger partial charge in [0.05, 0.1) is 16.9 Å². The lowest BCUT2D eigenvalue weighted by atomic mass is 10.0. The van der Waals surface area contributed by atoms with Crippen molar-refractivity contribution in [3.05, 3.63) is 60.3 Å². The number of rotatable bonds is 6. The summed E-state index contributed by atoms with van der Waals surface area (Å²) in [5.41, 5.74) is 1.87. The summed E-state index contributed by atoms with van der Waals surface area (Å²) < 4.78 is 29.3. The van der Waals surface area contributed by atoms with Crippen LogP contribution >= 0.6 is 0 Å². The van der Waals surface area contributed by atoms with Crippen molar-refractivity contribution >= 4 is 39.8 Å². The van der Waals surface area contributed by atoms with Crippen molar-refractivity contribution in [3.63, 3.8) is 0 Å². The van der Waals surface area contributed by atoms with Crippen molar-refractivity contribution in [3.8, 4) is 0 Å². The van der Waals surface area contributed by atoms with Gasteiger partial charge in [-0.15, -0.1) is 0 Å². The number of alkyl halides is 2. The van der Waals surface area contributed by atoms with Crippen LogP contribution < -0.4 is 10.3 Å². The number of hydrogen-bond donors (Lipinski definition) is 1. The number of amides is 2. The van der Waals surface area contributed by atoms with Gasteiger partial charge in [-0.1, -0.05) is 25.1 Å². The minimum Gasteiger partial charge on any atom is -0.347 e. The molecule has 2 amide bonds. The van der Waals surface area contributed by atoms with Gasteiger partial charge in [-0.2, -0.15) is 10.1 Å². The van der Waals surface area contributed by atoms with E-state index in [9.17, 15) is 18.4 Å². The molecule has 0 fully saturated rings. The quantitative estimate of drug-likeness (QED) is 0.542. The normalized spacial score (nSPS) is 16.5. The van der Waals surface area contributed by atoms with E-state index in [1.165, 1.54) is 29.3 Å². The number of nitrogens with one attached hydrogen (secondary N) is 1. The summed E-state index contributed by atoms with van der Waals surface area (Å²) in [6.07, 6.45) is 2.98. The van der Waals surface area contributed by atoms with E-state index in [1.54, 1.807) is 13.0 Å². The van der Waals surface area contributed by atoms with Crippen LogP contribution in [-0.2, 0) is 22.1 Å². The molecule has 8 heteroatoms. The molecule has 3 aromatic rings. The zero-order chi connectivity index (χ0) is 23.0. The number of carbonyl (C=O) groups excluding carboxylic acids is 2. The fourth-order valence-electron chi connectivity index (χ4n) is 3.88. The standard InChI is InChI=1S/C24H24F2N4O2/c1-4-11-29-12-10-16-8-9-19(14-20(16)29)30-23(32)21(15(2)28-30)22(31)27-18-7-5-6-17(13-18)24(3,25)26/h5-10,12-14,21H,4,11H2,1-3H3,(H,27,31). The zero-order valence-electron chi connectivity index (χ0n) is 18.1. The predicted octanol–water partition coefficient (Wildman–Crippen LogP) is 5.14. The molecule has 1 atom stereocenters. The number of hydrazone groups is 1. The van der Waals surface area contributed by atoms with Gasteiger partial charge in [0, 0.05) is 30.9 Å². The van der Waals surface area contributed by atoms with Crippen LogP contribution in [0.1, 0.15) is 32.8 Å². The van der Waals surface area contributed by atoms with Crippen molar-refractivity contribution in [2.24, 2.45) is 11.0 Å². The minimum absolute atomic E-state index is 0.201. The fraction of sp³-hybridized carbons (Fsp3) is 0.292. The lowest BCUT2D eigenvalue weighted by Crippen LogP contribution is -2.36. The third-order valence-electron chi connectivity index (χ3n) is 5.50. The van der Waals surface area contributed by atoms with Crippen LogP contribution in [0.3, 0.4) is 0 Å². The number of aromatic nitrogens is 1. The van der Waals surface area contributed by atoms with E-state index >= 15 is 0 Å². The van der Waals surface area contributed by atoms with Gasteiger partial charge in [0.25, 0.3) is 11.8 Å². The lowest BCUT2D eigenvalue weighted by molar-refractivity contribution is -0.127. The Bertz CT molecular complexity index is 1230. The highest BCUT2D eigenvalue weighted by Gasteiger charge is 2.40. The first-order valence-corrected chi connectivity index (χ1v) is 10.5. The molecule has 1 aliphatic rings. The number of fused-ring (bicyclic) bond motifs is 1. The summed E-state index contributed by atoms with van der Waals surface area (Å²) in [6.45, 7) is 5.34. The van der Waals surface area contributed by atoms with Gasteiger partial charge in [-0.3, -0.25) is 9.59 Å². The summed E-state index contributed by atoms with van der Waals surface area (Å²) in [7, 11) is 0. The van der Waals surface area contributed by atoms with Crippen molar-refractivity contribution < 1.29 is 18.4 Å². The van der Waals surface area contributed by atoms with Crippen LogP contribution in [0.2, 0.25) is 0 Å². The molecule has 0 aliphatic carbocycles. The van der Waals surface area contributed by atoms with Crippen LogP contribution in [0.15, 0.2) is 59.8 Å². The molecule has 1 aromatic heterocycles. The Morgan fingerprint density at radius 3 is 2.69 bits per heavy atom. The molecule has 0 saturated carbocycles. The first-order valence-electron chi connectivity index (χ1n) is 10.5. The number of anilines is 2. The fourth-order valence-corrected chi connectivity index (χ4v) is 3.88. The maximum absolute atomic E-state index is 13.6. The van der Waals surface area contributed by atoms with Crippen molar-refractivity contribution in [2.75, 3.05) is 10.3 Å². The first kappa shape index (κ1) is 21.7. The Morgan fingerprint density at radius 1 is 1.19 bits per heavy atom. The van der Waals surface area contributed by atoms with Gasteiger partial charge in [-0.05, 0) is 49.1 Å². The third-order valence-corrected chi connectivity index (χ3v) is 5.50. The molecule has 166 valence electrons. The number of halogens is 2. The second-order valence-electron chi connectivity index (χ2n) is 8.04. The molecular weight excluding hydrogens is 414 g/mol. The molecule has 2 heterocycles. The number of nitrogens with zero attached hydrogens (tertiary/aromatic N) is 3. The highest BCUT2D eigenvalue weighted by atomic mass is 19.3. The van der Waals surface area contributed by atoms with Gasteiger partial charge in [0.15, 0.2) is 5.92 Å². The molecule has 1 unspecified atom stereocenters. The van der Waals surface area contributed by atoms with Crippen LogP contribution in [0.4, 0.5) is 20.2 Å². The number of hydrogen-bond acceptors (Lipinski definition) is 3. The topological polar surface area (TPSA) is 66.7 Å². The van der Waals surface area contributed by atoms with Crippen LogP contribution in [0.5, 0.6) is 0 Å². The van der Waals surface area contributed by atoms with E-state index in [2.05, 4.69) is 21.9 Å². The predicted molar refractivity (Wildman–Crippen MR) is 121 cm³/mol. The highest BCUT2D eigenvalue weighted by molar-refractivity contribution is 6.28. The molecule has 1 N–H and O–H groups in total. The number of aryl methyl sites for hydroxylation is 1. The molecule has 0 saturated heterocycles. The SMILES string of the molecule is CCCn1ccc2ccc(N3N=C(C)C(C(=O)Nc4cccc(C(C)(F)F)c4)C3=O)cc21. The van der Waals surface area contributed by atoms with Gasteiger partial charge in [-0.25, -0.2) is 8.78 Å². The Balaban J connectivity index is 1.57. The number of benzene rings is 2. The van der Waals surface area contributed by atoms with Crippen molar-refractivity contribution in [2.45, 2.75) is 39.7 Å². The average Bonchev–Trinajstić information content (AvgIpc) is 3.27. The molecule has 0 spiro atoms. The summed E-state index contributed by atoms with van der Waals surface area (Å²) in [5.74, 6) is -5.25. The Morgan fingerprint density at radius 2 is 1.97 bits per heavy atom. The van der Waals surface area contributed by atoms with Crippen LogP contribution in [0, 0.1) is 5.92 Å². The zero-order valence-corrected chi connectivity index (χ0v) is 18.1. The van der Waals surface area contributed by atoms with E-state index in [1.807, 2.05) is 24.4 Å². The third kappa shape index (κ3) is 4.00. The smallest absolute Gasteiger partial charge is 0.270 e. The van der Waals surface area contributed by atoms with E-state index in [4.69, 9.17) is 0 Å². The van der Waals surface area contributed by atoms with Gasteiger partial charge < -0.3 is 9.88 Å². The minimum atomic E-state index is -3.04. The first-order chi connectivity index (χ1) is 15.2. The number of carbonyl (C=O) groups is 2. The maximum atomic E-state index is 13.6. The van der Waals surface area contributed by atoms with Gasteiger partial charge in [0.1, 0.15) is 0 Å². The van der Waals surface area contributed by atoms with E-state index in [0.717, 1.165) is 30.8 Å². The summed E-state index contributed by atoms with van der Waals surface area (Å²) in [6, 6.07) is 13.0.